The maximum atomic E-state index is 11.1. The maximum absolute atomic E-state index is 11.1. The number of carbonyl (C=O) groups excluding carboxylic acids is 1. The number of carbonyl (C=O) groups is 1. The fourth-order valence-electron chi connectivity index (χ4n) is 3.14. The van der Waals surface area contributed by atoms with Gasteiger partial charge in [-0.05, 0) is 31.1 Å². The first kappa shape index (κ1) is 15.7. The zero-order valence-corrected chi connectivity index (χ0v) is 13.8. The fourth-order valence-corrected chi connectivity index (χ4v) is 4.41. The van der Waals surface area contributed by atoms with E-state index in [1.54, 1.807) is 0 Å². The third kappa shape index (κ3) is 5.55. The van der Waals surface area contributed by atoms with Gasteiger partial charge < -0.3 is 4.74 Å². The van der Waals surface area contributed by atoms with Gasteiger partial charge in [-0.15, -0.1) is 0 Å². The zero-order chi connectivity index (χ0) is 13.8. The van der Waals surface area contributed by atoms with Crippen molar-refractivity contribution in [2.45, 2.75) is 77.7 Å². The summed E-state index contributed by atoms with van der Waals surface area (Å²) in [7, 11) is -0.883. The molecule has 0 N–H and O–H groups in total. The van der Waals surface area contributed by atoms with Gasteiger partial charge in [0, 0.05) is 15.0 Å². The van der Waals surface area contributed by atoms with E-state index in [1.165, 1.54) is 32.2 Å². The number of hydrogen-bond donors (Lipinski definition) is 0. The van der Waals surface area contributed by atoms with Gasteiger partial charge in [0.05, 0.1) is 0 Å². The van der Waals surface area contributed by atoms with Crippen molar-refractivity contribution in [3.05, 3.63) is 0 Å². The van der Waals surface area contributed by atoms with Crippen LogP contribution in [0.4, 0.5) is 0 Å². The average molecular weight is 270 g/mol. The molecule has 1 fully saturated rings. The van der Waals surface area contributed by atoms with Crippen LogP contribution in [0.1, 0.15) is 46.0 Å². The highest BCUT2D eigenvalue weighted by Crippen LogP contribution is 2.38. The lowest BCUT2D eigenvalue weighted by atomic mass is 9.99. The van der Waals surface area contributed by atoms with Gasteiger partial charge in [-0.2, -0.15) is 0 Å². The average Bonchev–Trinajstić information content (AvgIpc) is 2.57. The maximum Gasteiger partial charge on any atom is 0.302 e. The second-order valence-electron chi connectivity index (χ2n) is 7.11. The molecule has 0 unspecified atom stereocenters. The Labute approximate surface area is 113 Å². The van der Waals surface area contributed by atoms with Crippen LogP contribution in [0.3, 0.4) is 0 Å². The number of ether oxygens (including phenoxy) is 1. The van der Waals surface area contributed by atoms with Gasteiger partial charge in [0.1, 0.15) is 6.10 Å². The van der Waals surface area contributed by atoms with Crippen LogP contribution >= 0.6 is 0 Å². The van der Waals surface area contributed by atoms with Crippen LogP contribution < -0.4 is 0 Å². The topological polar surface area (TPSA) is 26.3 Å². The molecule has 0 aromatic rings. The molecule has 0 heterocycles. The van der Waals surface area contributed by atoms with E-state index >= 15 is 0 Å². The molecule has 0 saturated heterocycles. The number of esters is 1. The highest BCUT2D eigenvalue weighted by molar-refractivity contribution is 6.76. The van der Waals surface area contributed by atoms with Crippen molar-refractivity contribution in [1.82, 2.24) is 0 Å². The first-order chi connectivity index (χ1) is 8.31. The van der Waals surface area contributed by atoms with Crippen LogP contribution in [0, 0.1) is 11.8 Å². The van der Waals surface area contributed by atoms with Gasteiger partial charge in [0.15, 0.2) is 0 Å². The van der Waals surface area contributed by atoms with Crippen molar-refractivity contribution in [2.75, 3.05) is 0 Å². The van der Waals surface area contributed by atoms with E-state index in [0.29, 0.717) is 5.92 Å². The van der Waals surface area contributed by atoms with Crippen LogP contribution in [-0.4, -0.2) is 20.1 Å². The van der Waals surface area contributed by atoms with Crippen LogP contribution in [0.2, 0.25) is 25.7 Å². The Balaban J connectivity index is 2.34. The van der Waals surface area contributed by atoms with Crippen molar-refractivity contribution in [1.29, 1.82) is 0 Å². The summed E-state index contributed by atoms with van der Waals surface area (Å²) in [6, 6.07) is 1.43. The standard InChI is InChI=1S/C15H30O2Si/c1-6-14-10-13(8-7-9-18(3,4)5)11-15(14)17-12(2)16/h13-15H,6-11H2,1-5H3/t13-,14+,15-/m0/s1. The molecule has 106 valence electrons. The molecule has 18 heavy (non-hydrogen) atoms. The molecular formula is C15H30O2Si. The summed E-state index contributed by atoms with van der Waals surface area (Å²) < 4.78 is 5.46. The van der Waals surface area contributed by atoms with Gasteiger partial charge in [0.2, 0.25) is 0 Å². The molecule has 0 aromatic carbocycles. The van der Waals surface area contributed by atoms with E-state index in [4.69, 9.17) is 4.74 Å². The highest BCUT2D eigenvalue weighted by atomic mass is 28.3. The lowest BCUT2D eigenvalue weighted by Gasteiger charge is -2.17. The van der Waals surface area contributed by atoms with E-state index < -0.39 is 8.07 Å². The lowest BCUT2D eigenvalue weighted by molar-refractivity contribution is -0.148. The summed E-state index contributed by atoms with van der Waals surface area (Å²) in [5.41, 5.74) is 0. The normalized spacial score (nSPS) is 28.4. The molecule has 0 aliphatic heterocycles. The molecule has 0 spiro atoms. The van der Waals surface area contributed by atoms with Crippen molar-refractivity contribution < 1.29 is 9.53 Å². The van der Waals surface area contributed by atoms with Crippen LogP contribution in [-0.2, 0) is 9.53 Å². The van der Waals surface area contributed by atoms with E-state index in [9.17, 15) is 4.79 Å². The zero-order valence-electron chi connectivity index (χ0n) is 12.8. The summed E-state index contributed by atoms with van der Waals surface area (Å²) in [5.74, 6) is 1.28. The Morgan fingerprint density at radius 2 is 1.94 bits per heavy atom. The minimum absolute atomic E-state index is 0.110. The molecule has 0 radical (unpaired) electrons. The van der Waals surface area contributed by atoms with Crippen molar-refractivity contribution in [3.8, 4) is 0 Å². The SMILES string of the molecule is CC[C@@H]1C[C@H](CCC[Si](C)(C)C)C[C@@H]1OC(C)=O. The predicted molar refractivity (Wildman–Crippen MR) is 79.4 cm³/mol. The molecule has 3 heteroatoms. The molecule has 3 atom stereocenters. The summed E-state index contributed by atoms with van der Waals surface area (Å²) >= 11 is 0. The van der Waals surface area contributed by atoms with Crippen molar-refractivity contribution in [3.63, 3.8) is 0 Å². The monoisotopic (exact) mass is 270 g/mol. The molecule has 0 aromatic heterocycles. The van der Waals surface area contributed by atoms with E-state index in [0.717, 1.165) is 18.8 Å². The lowest BCUT2D eigenvalue weighted by Crippen LogP contribution is -2.20. The van der Waals surface area contributed by atoms with Gasteiger partial charge in [-0.25, -0.2) is 0 Å². The van der Waals surface area contributed by atoms with Crippen molar-refractivity contribution in [2.24, 2.45) is 11.8 Å². The summed E-state index contributed by atoms with van der Waals surface area (Å²) in [6.07, 6.45) is 6.40. The number of hydrogen-bond acceptors (Lipinski definition) is 2. The Bertz CT molecular complexity index is 270. The van der Waals surface area contributed by atoms with Crippen LogP contribution in [0.15, 0.2) is 0 Å². The molecule has 0 amide bonds. The highest BCUT2D eigenvalue weighted by Gasteiger charge is 2.34. The Hall–Kier alpha value is -0.313. The van der Waals surface area contributed by atoms with Gasteiger partial charge in [0.25, 0.3) is 0 Å². The van der Waals surface area contributed by atoms with Gasteiger partial charge in [-0.3, -0.25) is 4.79 Å². The Morgan fingerprint density at radius 1 is 1.28 bits per heavy atom. The first-order valence-electron chi connectivity index (χ1n) is 7.49. The first-order valence-corrected chi connectivity index (χ1v) is 11.2. The van der Waals surface area contributed by atoms with Gasteiger partial charge in [-0.1, -0.05) is 45.5 Å². The summed E-state index contributed by atoms with van der Waals surface area (Å²) in [4.78, 5) is 11.1. The quantitative estimate of drug-likeness (QED) is 0.526. The molecule has 1 aliphatic rings. The third-order valence-corrected chi connectivity index (χ3v) is 5.96. The molecule has 1 rings (SSSR count). The van der Waals surface area contributed by atoms with E-state index in [-0.39, 0.29) is 12.1 Å². The van der Waals surface area contributed by atoms with Crippen LogP contribution in [0.25, 0.3) is 0 Å². The Kier molecular flexibility index (Phi) is 5.89. The minimum Gasteiger partial charge on any atom is -0.462 e. The number of rotatable bonds is 6. The van der Waals surface area contributed by atoms with Gasteiger partial charge >= 0.3 is 5.97 Å². The second-order valence-corrected chi connectivity index (χ2v) is 12.7. The molecule has 2 nitrogen and oxygen atoms in total. The predicted octanol–water partition coefficient (Wildman–Crippen LogP) is 4.47. The largest absolute Gasteiger partial charge is 0.462 e. The van der Waals surface area contributed by atoms with E-state index in [2.05, 4.69) is 26.6 Å². The molecule has 1 aliphatic carbocycles. The smallest absolute Gasteiger partial charge is 0.302 e. The van der Waals surface area contributed by atoms with E-state index in [1.807, 2.05) is 0 Å². The molecule has 0 bridgehead atoms. The Morgan fingerprint density at radius 3 is 2.44 bits per heavy atom. The third-order valence-electron chi connectivity index (χ3n) is 4.11. The fraction of sp³-hybridized carbons (Fsp3) is 0.933. The van der Waals surface area contributed by atoms with Crippen LogP contribution in [0.5, 0.6) is 0 Å². The minimum atomic E-state index is -0.883. The summed E-state index contributed by atoms with van der Waals surface area (Å²) in [6.45, 7) is 11.1. The molecular weight excluding hydrogens is 240 g/mol. The second kappa shape index (κ2) is 6.74. The van der Waals surface area contributed by atoms with Crippen molar-refractivity contribution >= 4 is 14.0 Å². The molecule has 1 saturated carbocycles. The summed E-state index contributed by atoms with van der Waals surface area (Å²) in [5, 5.41) is 0.